The third kappa shape index (κ3) is 2.68. The van der Waals surface area contributed by atoms with Gasteiger partial charge in [0.15, 0.2) is 0 Å². The molecule has 1 aliphatic carbocycles. The highest BCUT2D eigenvalue weighted by molar-refractivity contribution is 4.91. The van der Waals surface area contributed by atoms with Gasteiger partial charge in [0.05, 0.1) is 18.3 Å². The Morgan fingerprint density at radius 2 is 1.53 bits per heavy atom. The number of rotatable bonds is 2. The molecule has 2 heteroatoms. The Balaban J connectivity index is 1.97. The van der Waals surface area contributed by atoms with Gasteiger partial charge >= 0.3 is 0 Å². The molecule has 0 radical (unpaired) electrons. The van der Waals surface area contributed by atoms with Crippen molar-refractivity contribution < 1.29 is 9.84 Å². The molecule has 5 atom stereocenters. The minimum absolute atomic E-state index is 0.155. The zero-order chi connectivity index (χ0) is 12.6. The molecular weight excluding hydrogens is 212 g/mol. The van der Waals surface area contributed by atoms with E-state index < -0.39 is 0 Å². The fourth-order valence-corrected chi connectivity index (χ4v) is 3.82. The van der Waals surface area contributed by atoms with Crippen LogP contribution >= 0.6 is 0 Å². The van der Waals surface area contributed by atoms with E-state index in [1.54, 1.807) is 0 Å². The summed E-state index contributed by atoms with van der Waals surface area (Å²) in [4.78, 5) is 0. The molecule has 2 aliphatic rings. The normalized spacial score (nSPS) is 49.2. The van der Waals surface area contributed by atoms with Crippen molar-refractivity contribution >= 4 is 0 Å². The van der Waals surface area contributed by atoms with Crippen LogP contribution in [0.1, 0.15) is 53.4 Å². The molecule has 0 aromatic carbocycles. The molecule has 1 N–H and O–H groups in total. The first-order valence-corrected chi connectivity index (χ1v) is 7.34. The van der Waals surface area contributed by atoms with Crippen molar-refractivity contribution in [3.8, 4) is 0 Å². The summed E-state index contributed by atoms with van der Waals surface area (Å²) < 4.78 is 5.86. The summed E-state index contributed by atoms with van der Waals surface area (Å²) in [5, 5.41) is 10.6. The Kier molecular flexibility index (Phi) is 4.14. The van der Waals surface area contributed by atoms with Gasteiger partial charge in [-0.3, -0.25) is 0 Å². The van der Waals surface area contributed by atoms with E-state index in [0.29, 0.717) is 23.9 Å². The second kappa shape index (κ2) is 5.27. The summed E-state index contributed by atoms with van der Waals surface area (Å²) in [7, 11) is 0. The van der Waals surface area contributed by atoms with Gasteiger partial charge in [-0.05, 0) is 44.4 Å². The van der Waals surface area contributed by atoms with Crippen molar-refractivity contribution in [3.63, 3.8) is 0 Å². The molecule has 100 valence electrons. The molecular formula is C15H28O2. The van der Waals surface area contributed by atoms with Gasteiger partial charge in [-0.1, -0.05) is 26.7 Å². The third-order valence-corrected chi connectivity index (χ3v) is 5.26. The second-order valence-electron chi connectivity index (χ2n) is 6.49. The van der Waals surface area contributed by atoms with Gasteiger partial charge in [0.1, 0.15) is 0 Å². The number of aliphatic hydroxyl groups excluding tert-OH is 1. The van der Waals surface area contributed by atoms with Crippen LogP contribution in [-0.4, -0.2) is 23.4 Å². The molecule has 1 saturated carbocycles. The highest BCUT2D eigenvalue weighted by atomic mass is 16.5. The smallest absolute Gasteiger partial charge is 0.0624 e. The standard InChI is InChI=1S/C15H28O2/c1-9-5-7-13(8-6-9)15(16)14-10(2)11(3)17-12(14)4/h9-16H,5-8H2,1-4H3. The first-order valence-electron chi connectivity index (χ1n) is 7.34. The molecule has 1 heterocycles. The van der Waals surface area contributed by atoms with Crippen molar-refractivity contribution in [3.05, 3.63) is 0 Å². The first kappa shape index (κ1) is 13.4. The Morgan fingerprint density at radius 1 is 0.941 bits per heavy atom. The Morgan fingerprint density at radius 3 is 2.00 bits per heavy atom. The quantitative estimate of drug-likeness (QED) is 0.803. The fourth-order valence-electron chi connectivity index (χ4n) is 3.82. The van der Waals surface area contributed by atoms with Crippen LogP contribution in [0.2, 0.25) is 0 Å². The van der Waals surface area contributed by atoms with Gasteiger partial charge in [-0.15, -0.1) is 0 Å². The zero-order valence-corrected chi connectivity index (χ0v) is 11.7. The van der Waals surface area contributed by atoms with Crippen molar-refractivity contribution in [1.82, 2.24) is 0 Å². The molecule has 1 saturated heterocycles. The maximum absolute atomic E-state index is 10.6. The molecule has 2 nitrogen and oxygen atoms in total. The lowest BCUT2D eigenvalue weighted by Crippen LogP contribution is -2.38. The third-order valence-electron chi connectivity index (χ3n) is 5.26. The minimum atomic E-state index is -0.155. The predicted molar refractivity (Wildman–Crippen MR) is 69.8 cm³/mol. The summed E-state index contributed by atoms with van der Waals surface area (Å²) in [6.45, 7) is 8.82. The number of ether oxygens (including phenoxy) is 1. The average molecular weight is 240 g/mol. The SMILES string of the molecule is CC1CCC(C(O)C2C(C)OC(C)C2C)CC1. The van der Waals surface area contributed by atoms with Crippen molar-refractivity contribution in [2.45, 2.75) is 71.7 Å². The highest BCUT2D eigenvalue weighted by Gasteiger charge is 2.43. The lowest BCUT2D eigenvalue weighted by atomic mass is 9.73. The lowest BCUT2D eigenvalue weighted by Gasteiger charge is -2.35. The topological polar surface area (TPSA) is 29.5 Å². The van der Waals surface area contributed by atoms with E-state index in [2.05, 4.69) is 27.7 Å². The summed E-state index contributed by atoms with van der Waals surface area (Å²) >= 11 is 0. The Labute approximate surface area is 106 Å². The van der Waals surface area contributed by atoms with Crippen LogP contribution in [0, 0.1) is 23.7 Å². The summed E-state index contributed by atoms with van der Waals surface area (Å²) in [5.74, 6) is 2.19. The number of hydrogen-bond acceptors (Lipinski definition) is 2. The monoisotopic (exact) mass is 240 g/mol. The van der Waals surface area contributed by atoms with E-state index in [4.69, 9.17) is 4.74 Å². The van der Waals surface area contributed by atoms with E-state index in [0.717, 1.165) is 5.92 Å². The molecule has 0 aromatic rings. The molecule has 17 heavy (non-hydrogen) atoms. The van der Waals surface area contributed by atoms with Gasteiger partial charge < -0.3 is 9.84 Å². The van der Waals surface area contributed by atoms with Crippen LogP contribution in [0.25, 0.3) is 0 Å². The minimum Gasteiger partial charge on any atom is -0.392 e. The van der Waals surface area contributed by atoms with Crippen LogP contribution in [0.5, 0.6) is 0 Å². The van der Waals surface area contributed by atoms with Crippen molar-refractivity contribution in [2.75, 3.05) is 0 Å². The fraction of sp³-hybridized carbons (Fsp3) is 1.00. The van der Waals surface area contributed by atoms with E-state index in [1.165, 1.54) is 25.7 Å². The largest absolute Gasteiger partial charge is 0.392 e. The van der Waals surface area contributed by atoms with Crippen LogP contribution in [-0.2, 0) is 4.74 Å². The first-order chi connectivity index (χ1) is 8.00. The predicted octanol–water partition coefficient (Wildman–Crippen LogP) is 3.23. The van der Waals surface area contributed by atoms with Crippen LogP contribution in [0.15, 0.2) is 0 Å². The summed E-state index contributed by atoms with van der Waals surface area (Å²) in [6.07, 6.45) is 5.33. The summed E-state index contributed by atoms with van der Waals surface area (Å²) in [5.41, 5.74) is 0. The van der Waals surface area contributed by atoms with Gasteiger partial charge in [0.2, 0.25) is 0 Å². The Bertz CT molecular complexity index is 245. The second-order valence-corrected chi connectivity index (χ2v) is 6.49. The zero-order valence-electron chi connectivity index (χ0n) is 11.7. The highest BCUT2D eigenvalue weighted by Crippen LogP contribution is 2.40. The maximum Gasteiger partial charge on any atom is 0.0624 e. The van der Waals surface area contributed by atoms with Gasteiger partial charge in [-0.25, -0.2) is 0 Å². The average Bonchev–Trinajstić information content (AvgIpc) is 2.53. The molecule has 0 aromatic heterocycles. The van der Waals surface area contributed by atoms with Crippen LogP contribution in [0.4, 0.5) is 0 Å². The Hall–Kier alpha value is -0.0800. The molecule has 0 bridgehead atoms. The maximum atomic E-state index is 10.6. The summed E-state index contributed by atoms with van der Waals surface area (Å²) in [6, 6.07) is 0. The molecule has 1 aliphatic heterocycles. The number of aliphatic hydroxyl groups is 1. The molecule has 0 spiro atoms. The van der Waals surface area contributed by atoms with Crippen LogP contribution < -0.4 is 0 Å². The molecule has 5 unspecified atom stereocenters. The number of hydrogen-bond donors (Lipinski definition) is 1. The van der Waals surface area contributed by atoms with E-state index in [9.17, 15) is 5.11 Å². The van der Waals surface area contributed by atoms with Gasteiger partial charge in [0.25, 0.3) is 0 Å². The van der Waals surface area contributed by atoms with E-state index in [1.807, 2.05) is 0 Å². The lowest BCUT2D eigenvalue weighted by molar-refractivity contribution is -0.0132. The molecule has 2 rings (SSSR count). The van der Waals surface area contributed by atoms with E-state index in [-0.39, 0.29) is 12.2 Å². The van der Waals surface area contributed by atoms with Gasteiger partial charge in [0, 0.05) is 5.92 Å². The molecule has 0 amide bonds. The van der Waals surface area contributed by atoms with Crippen LogP contribution in [0.3, 0.4) is 0 Å². The molecule has 2 fully saturated rings. The van der Waals surface area contributed by atoms with E-state index >= 15 is 0 Å². The van der Waals surface area contributed by atoms with Crippen molar-refractivity contribution in [1.29, 1.82) is 0 Å². The van der Waals surface area contributed by atoms with Gasteiger partial charge in [-0.2, -0.15) is 0 Å². The van der Waals surface area contributed by atoms with Crippen molar-refractivity contribution in [2.24, 2.45) is 23.7 Å².